The van der Waals surface area contributed by atoms with Crippen molar-refractivity contribution in [2.75, 3.05) is 13.1 Å². The zero-order valence-electron chi connectivity index (χ0n) is 12.0. The molecule has 5 heteroatoms. The van der Waals surface area contributed by atoms with Crippen LogP contribution in [-0.4, -0.2) is 38.8 Å². The van der Waals surface area contributed by atoms with Crippen LogP contribution in [0.1, 0.15) is 26.0 Å². The number of aliphatic carboxylic acids is 1. The third kappa shape index (κ3) is 3.17. The van der Waals surface area contributed by atoms with E-state index in [-0.39, 0.29) is 6.54 Å². The van der Waals surface area contributed by atoms with Crippen LogP contribution in [0.4, 0.5) is 0 Å². The molecule has 0 fully saturated rings. The summed E-state index contributed by atoms with van der Waals surface area (Å²) < 4.78 is 1.97. The smallest absolute Gasteiger partial charge is 0.317 e. The highest BCUT2D eigenvalue weighted by atomic mass is 16.4. The van der Waals surface area contributed by atoms with Crippen LogP contribution in [-0.2, 0) is 17.9 Å². The summed E-state index contributed by atoms with van der Waals surface area (Å²) in [5, 5.41) is 14.7. The standard InChI is InChI=1S/C15H21N3O2/c1-3-9-17(11-15(19)20)10-13-12-7-5-6-8-14(12)18(4-2)16-13/h5-8H,3-4,9-11H2,1-2H3,(H,19,20). The van der Waals surface area contributed by atoms with E-state index in [1.807, 2.05) is 21.7 Å². The highest BCUT2D eigenvalue weighted by molar-refractivity contribution is 5.82. The molecule has 0 aliphatic heterocycles. The van der Waals surface area contributed by atoms with Crippen LogP contribution in [0.5, 0.6) is 0 Å². The summed E-state index contributed by atoms with van der Waals surface area (Å²) in [4.78, 5) is 12.9. The van der Waals surface area contributed by atoms with Gasteiger partial charge in [-0.2, -0.15) is 5.10 Å². The third-order valence-corrected chi connectivity index (χ3v) is 3.31. The van der Waals surface area contributed by atoms with Gasteiger partial charge < -0.3 is 5.11 Å². The van der Waals surface area contributed by atoms with E-state index in [1.165, 1.54) is 0 Å². The fourth-order valence-corrected chi connectivity index (χ4v) is 2.49. The normalized spacial score (nSPS) is 11.3. The SMILES string of the molecule is CCCN(CC(=O)O)Cc1nn(CC)c2ccccc12. The molecule has 1 N–H and O–H groups in total. The molecule has 0 spiro atoms. The van der Waals surface area contributed by atoms with Gasteiger partial charge in [-0.1, -0.05) is 25.1 Å². The molecule has 1 heterocycles. The number of aromatic nitrogens is 2. The van der Waals surface area contributed by atoms with Crippen LogP contribution in [0.25, 0.3) is 10.9 Å². The van der Waals surface area contributed by atoms with Crippen molar-refractivity contribution < 1.29 is 9.90 Å². The van der Waals surface area contributed by atoms with Crippen molar-refractivity contribution in [3.63, 3.8) is 0 Å². The van der Waals surface area contributed by atoms with E-state index in [0.29, 0.717) is 6.54 Å². The zero-order chi connectivity index (χ0) is 14.5. The molecule has 108 valence electrons. The lowest BCUT2D eigenvalue weighted by molar-refractivity contribution is -0.138. The number of carbonyl (C=O) groups is 1. The molecule has 0 saturated heterocycles. The van der Waals surface area contributed by atoms with Crippen LogP contribution in [0, 0.1) is 0 Å². The number of nitrogens with zero attached hydrogens (tertiary/aromatic N) is 3. The van der Waals surface area contributed by atoms with Crippen molar-refractivity contribution in [1.82, 2.24) is 14.7 Å². The zero-order valence-corrected chi connectivity index (χ0v) is 12.0. The Morgan fingerprint density at radius 2 is 2.10 bits per heavy atom. The van der Waals surface area contributed by atoms with Crippen molar-refractivity contribution in [3.8, 4) is 0 Å². The summed E-state index contributed by atoms with van der Waals surface area (Å²) in [6.07, 6.45) is 0.930. The summed E-state index contributed by atoms with van der Waals surface area (Å²) in [5.41, 5.74) is 2.06. The molecule has 0 bridgehead atoms. The summed E-state index contributed by atoms with van der Waals surface area (Å²) in [7, 11) is 0. The van der Waals surface area contributed by atoms with Gasteiger partial charge in [-0.05, 0) is 26.0 Å². The second kappa shape index (κ2) is 6.52. The number of hydrogen-bond acceptors (Lipinski definition) is 3. The maximum atomic E-state index is 10.9. The summed E-state index contributed by atoms with van der Waals surface area (Å²) in [6, 6.07) is 8.10. The minimum absolute atomic E-state index is 0.0567. The molecule has 2 aromatic rings. The van der Waals surface area contributed by atoms with Crippen LogP contribution in [0.3, 0.4) is 0 Å². The highest BCUT2D eigenvalue weighted by Crippen LogP contribution is 2.19. The average Bonchev–Trinajstić information content (AvgIpc) is 2.77. The third-order valence-electron chi connectivity index (χ3n) is 3.31. The van der Waals surface area contributed by atoms with Gasteiger partial charge in [0.1, 0.15) is 0 Å². The first-order valence-electron chi connectivity index (χ1n) is 7.04. The van der Waals surface area contributed by atoms with Crippen LogP contribution >= 0.6 is 0 Å². The Kier molecular flexibility index (Phi) is 4.74. The van der Waals surface area contributed by atoms with E-state index in [1.54, 1.807) is 0 Å². The quantitative estimate of drug-likeness (QED) is 0.842. The van der Waals surface area contributed by atoms with Crippen molar-refractivity contribution in [2.45, 2.75) is 33.4 Å². The van der Waals surface area contributed by atoms with Crippen LogP contribution < -0.4 is 0 Å². The van der Waals surface area contributed by atoms with Gasteiger partial charge in [0.25, 0.3) is 0 Å². The molecule has 2 rings (SSSR count). The van der Waals surface area contributed by atoms with E-state index >= 15 is 0 Å². The van der Waals surface area contributed by atoms with Crippen LogP contribution in [0.2, 0.25) is 0 Å². The summed E-state index contributed by atoms with van der Waals surface area (Å²) in [6.45, 7) is 6.32. The second-order valence-corrected chi connectivity index (χ2v) is 4.88. The van der Waals surface area contributed by atoms with Gasteiger partial charge in [0.15, 0.2) is 0 Å². The Morgan fingerprint density at radius 3 is 2.75 bits per heavy atom. The lowest BCUT2D eigenvalue weighted by Gasteiger charge is -2.18. The van der Waals surface area contributed by atoms with Gasteiger partial charge in [0.05, 0.1) is 17.8 Å². The lowest BCUT2D eigenvalue weighted by atomic mass is 10.2. The topological polar surface area (TPSA) is 58.4 Å². The largest absolute Gasteiger partial charge is 0.480 e. The fourth-order valence-electron chi connectivity index (χ4n) is 2.49. The Labute approximate surface area is 118 Å². The first-order chi connectivity index (χ1) is 9.65. The number of benzene rings is 1. The maximum absolute atomic E-state index is 10.9. The molecular weight excluding hydrogens is 254 g/mol. The van der Waals surface area contributed by atoms with Gasteiger partial charge >= 0.3 is 5.97 Å². The molecule has 0 atom stereocenters. The molecule has 20 heavy (non-hydrogen) atoms. The molecule has 1 aromatic heterocycles. The van der Waals surface area contributed by atoms with E-state index in [0.717, 1.165) is 36.1 Å². The molecule has 0 aliphatic carbocycles. The first kappa shape index (κ1) is 14.5. The molecule has 5 nitrogen and oxygen atoms in total. The van der Waals surface area contributed by atoms with Gasteiger partial charge in [-0.25, -0.2) is 0 Å². The summed E-state index contributed by atoms with van der Waals surface area (Å²) in [5.74, 6) is -0.794. The highest BCUT2D eigenvalue weighted by Gasteiger charge is 2.14. The van der Waals surface area contributed by atoms with Crippen LogP contribution in [0.15, 0.2) is 24.3 Å². The van der Waals surface area contributed by atoms with Crippen molar-refractivity contribution in [1.29, 1.82) is 0 Å². The number of aryl methyl sites for hydroxylation is 1. The number of carboxylic acid groups (broad SMARTS) is 1. The van der Waals surface area contributed by atoms with Gasteiger partial charge in [0.2, 0.25) is 0 Å². The van der Waals surface area contributed by atoms with E-state index in [2.05, 4.69) is 31.1 Å². The minimum atomic E-state index is -0.794. The fraction of sp³-hybridized carbons (Fsp3) is 0.467. The Bertz CT molecular complexity index is 592. The number of hydrogen-bond donors (Lipinski definition) is 1. The molecule has 0 unspecified atom stereocenters. The van der Waals surface area contributed by atoms with Gasteiger partial charge in [-0.15, -0.1) is 0 Å². The van der Waals surface area contributed by atoms with E-state index < -0.39 is 5.97 Å². The monoisotopic (exact) mass is 275 g/mol. The number of carboxylic acids is 1. The number of para-hydroxylation sites is 1. The van der Waals surface area contributed by atoms with Gasteiger partial charge in [0, 0.05) is 18.5 Å². The predicted octanol–water partition coefficient (Wildman–Crippen LogP) is 2.35. The van der Waals surface area contributed by atoms with Crippen molar-refractivity contribution >= 4 is 16.9 Å². The Morgan fingerprint density at radius 1 is 1.35 bits per heavy atom. The second-order valence-electron chi connectivity index (χ2n) is 4.88. The maximum Gasteiger partial charge on any atom is 0.317 e. The van der Waals surface area contributed by atoms with E-state index in [4.69, 9.17) is 5.11 Å². The lowest BCUT2D eigenvalue weighted by Crippen LogP contribution is -2.30. The molecule has 0 saturated carbocycles. The Balaban J connectivity index is 2.29. The van der Waals surface area contributed by atoms with Crippen molar-refractivity contribution in [3.05, 3.63) is 30.0 Å². The molecular formula is C15H21N3O2. The average molecular weight is 275 g/mol. The van der Waals surface area contributed by atoms with E-state index in [9.17, 15) is 4.79 Å². The minimum Gasteiger partial charge on any atom is -0.480 e. The molecule has 0 aliphatic rings. The Hall–Kier alpha value is -1.88. The first-order valence-corrected chi connectivity index (χ1v) is 7.04. The molecule has 0 radical (unpaired) electrons. The molecule has 0 amide bonds. The number of rotatable bonds is 7. The summed E-state index contributed by atoms with van der Waals surface area (Å²) >= 11 is 0. The molecule has 1 aromatic carbocycles. The van der Waals surface area contributed by atoms with Crippen molar-refractivity contribution in [2.24, 2.45) is 0 Å². The van der Waals surface area contributed by atoms with Gasteiger partial charge in [-0.3, -0.25) is 14.4 Å². The number of fused-ring (bicyclic) bond motifs is 1. The predicted molar refractivity (Wildman–Crippen MR) is 78.6 cm³/mol.